The molecule has 2 aliphatic heterocycles. The number of piperidine rings is 1. The van der Waals surface area contributed by atoms with Crippen molar-refractivity contribution in [1.29, 1.82) is 0 Å². The number of amides is 1. The Balaban J connectivity index is 1.27. The zero-order chi connectivity index (χ0) is 19.5. The van der Waals surface area contributed by atoms with Crippen LogP contribution in [-0.2, 0) is 17.8 Å². The van der Waals surface area contributed by atoms with Gasteiger partial charge < -0.3 is 5.32 Å². The van der Waals surface area contributed by atoms with Crippen LogP contribution in [0, 0.1) is 12.8 Å². The second-order valence-corrected chi connectivity index (χ2v) is 8.40. The topological polar surface area (TPSA) is 32.3 Å². The maximum atomic E-state index is 11.6. The first kappa shape index (κ1) is 18.9. The number of hydrogen-bond acceptors (Lipinski definition) is 2. The first-order valence-electron chi connectivity index (χ1n) is 10.5. The predicted octanol–water partition coefficient (Wildman–Crippen LogP) is 5.20. The number of nitrogens with one attached hydrogen (secondary N) is 1. The lowest BCUT2D eigenvalue weighted by molar-refractivity contribution is -0.115. The number of hydrogen-bond donors (Lipinski definition) is 1. The summed E-state index contributed by atoms with van der Waals surface area (Å²) < 4.78 is 0. The van der Waals surface area contributed by atoms with Crippen LogP contribution < -0.4 is 5.32 Å². The second-order valence-electron chi connectivity index (χ2n) is 8.40. The number of nitrogens with zero attached hydrogens (tertiary/aromatic N) is 1. The minimum absolute atomic E-state index is 0.0967. The SMILES string of the molecule is C=C(CCC1CCN(Cc2ccccc2)CC1)c1cc2c(cc1C)CC(=O)N2. The number of fused-ring (bicyclic) bond motifs is 1. The maximum Gasteiger partial charge on any atom is 0.228 e. The zero-order valence-corrected chi connectivity index (χ0v) is 16.8. The van der Waals surface area contributed by atoms with Crippen LogP contribution in [0.25, 0.3) is 5.57 Å². The smallest absolute Gasteiger partial charge is 0.228 e. The van der Waals surface area contributed by atoms with Crippen LogP contribution in [0.1, 0.15) is 47.9 Å². The van der Waals surface area contributed by atoms with Crippen LogP contribution in [0.3, 0.4) is 0 Å². The molecule has 2 heterocycles. The Morgan fingerprint density at radius 2 is 1.93 bits per heavy atom. The molecule has 2 aromatic rings. The Hall–Kier alpha value is -2.39. The average Bonchev–Trinajstić information content (AvgIpc) is 3.06. The van der Waals surface area contributed by atoms with Crippen LogP contribution >= 0.6 is 0 Å². The predicted molar refractivity (Wildman–Crippen MR) is 116 cm³/mol. The fourth-order valence-corrected chi connectivity index (χ4v) is 4.57. The molecule has 0 aliphatic carbocycles. The molecule has 146 valence electrons. The molecule has 3 heteroatoms. The molecule has 4 rings (SSSR count). The van der Waals surface area contributed by atoms with E-state index in [1.54, 1.807) is 0 Å². The van der Waals surface area contributed by atoms with Gasteiger partial charge in [-0.15, -0.1) is 0 Å². The lowest BCUT2D eigenvalue weighted by Crippen LogP contribution is -2.33. The summed E-state index contributed by atoms with van der Waals surface area (Å²) in [6, 6.07) is 15.0. The fraction of sp³-hybridized carbons (Fsp3) is 0.400. The summed E-state index contributed by atoms with van der Waals surface area (Å²) in [4.78, 5) is 14.2. The largest absolute Gasteiger partial charge is 0.326 e. The van der Waals surface area contributed by atoms with Crippen LogP contribution in [0.2, 0.25) is 0 Å². The lowest BCUT2D eigenvalue weighted by Gasteiger charge is -2.32. The third-order valence-electron chi connectivity index (χ3n) is 6.27. The van der Waals surface area contributed by atoms with Gasteiger partial charge in [-0.1, -0.05) is 43.0 Å². The fourth-order valence-electron chi connectivity index (χ4n) is 4.57. The molecule has 28 heavy (non-hydrogen) atoms. The molecule has 0 radical (unpaired) electrons. The third kappa shape index (κ3) is 4.36. The molecular formula is C25H30N2O. The Morgan fingerprint density at radius 1 is 1.18 bits per heavy atom. The van der Waals surface area contributed by atoms with Crippen LogP contribution in [0.15, 0.2) is 49.0 Å². The molecule has 1 amide bonds. The van der Waals surface area contributed by atoms with E-state index in [0.717, 1.165) is 30.1 Å². The average molecular weight is 375 g/mol. The van der Waals surface area contributed by atoms with Crippen LogP contribution in [0.5, 0.6) is 0 Å². The van der Waals surface area contributed by atoms with Crippen LogP contribution in [-0.4, -0.2) is 23.9 Å². The van der Waals surface area contributed by atoms with E-state index in [2.05, 4.69) is 66.2 Å². The van der Waals surface area contributed by atoms with E-state index in [0.29, 0.717) is 6.42 Å². The van der Waals surface area contributed by atoms with Gasteiger partial charge in [0, 0.05) is 12.2 Å². The Bertz CT molecular complexity index is 864. The number of carbonyl (C=O) groups is 1. The lowest BCUT2D eigenvalue weighted by atomic mass is 9.88. The summed E-state index contributed by atoms with van der Waals surface area (Å²) in [6.45, 7) is 9.94. The van der Waals surface area contributed by atoms with E-state index in [9.17, 15) is 4.79 Å². The quantitative estimate of drug-likeness (QED) is 0.754. The van der Waals surface area contributed by atoms with Gasteiger partial charge >= 0.3 is 0 Å². The first-order valence-corrected chi connectivity index (χ1v) is 10.5. The van der Waals surface area contributed by atoms with Gasteiger partial charge in [0.2, 0.25) is 5.91 Å². The van der Waals surface area contributed by atoms with Crippen molar-refractivity contribution in [2.75, 3.05) is 18.4 Å². The summed E-state index contributed by atoms with van der Waals surface area (Å²) in [6.07, 6.45) is 5.31. The van der Waals surface area contributed by atoms with Crippen molar-refractivity contribution in [2.45, 2.75) is 45.6 Å². The minimum Gasteiger partial charge on any atom is -0.326 e. The van der Waals surface area contributed by atoms with E-state index in [1.807, 2.05) is 0 Å². The molecular weight excluding hydrogens is 344 g/mol. The highest BCUT2D eigenvalue weighted by Crippen LogP contribution is 2.33. The van der Waals surface area contributed by atoms with E-state index < -0.39 is 0 Å². The van der Waals surface area contributed by atoms with E-state index >= 15 is 0 Å². The Labute approximate surface area is 168 Å². The molecule has 0 saturated carbocycles. The first-order chi connectivity index (χ1) is 13.6. The molecule has 0 spiro atoms. The van der Waals surface area contributed by atoms with Crippen molar-refractivity contribution in [2.24, 2.45) is 5.92 Å². The monoisotopic (exact) mass is 374 g/mol. The van der Waals surface area contributed by atoms with Gasteiger partial charge in [0.15, 0.2) is 0 Å². The van der Waals surface area contributed by atoms with Gasteiger partial charge in [-0.05, 0) is 85.5 Å². The number of benzene rings is 2. The molecule has 2 aromatic carbocycles. The Kier molecular flexibility index (Phi) is 5.63. The highest BCUT2D eigenvalue weighted by Gasteiger charge is 2.21. The highest BCUT2D eigenvalue weighted by atomic mass is 16.1. The number of likely N-dealkylation sites (tertiary alicyclic amines) is 1. The molecule has 0 aromatic heterocycles. The summed E-state index contributed by atoms with van der Waals surface area (Å²) in [5, 5.41) is 2.96. The van der Waals surface area contributed by atoms with Gasteiger partial charge in [0.1, 0.15) is 0 Å². The van der Waals surface area contributed by atoms with Gasteiger partial charge in [-0.3, -0.25) is 9.69 Å². The van der Waals surface area contributed by atoms with Gasteiger partial charge in [-0.25, -0.2) is 0 Å². The normalized spacial score (nSPS) is 17.4. The summed E-state index contributed by atoms with van der Waals surface area (Å²) in [5.41, 5.74) is 7.15. The molecule has 1 fully saturated rings. The third-order valence-corrected chi connectivity index (χ3v) is 6.27. The molecule has 0 atom stereocenters. The van der Waals surface area contributed by atoms with Gasteiger partial charge in [-0.2, -0.15) is 0 Å². The summed E-state index contributed by atoms with van der Waals surface area (Å²) in [5.74, 6) is 0.887. The molecule has 3 nitrogen and oxygen atoms in total. The van der Waals surface area contributed by atoms with E-state index in [1.165, 1.54) is 54.6 Å². The molecule has 1 N–H and O–H groups in total. The highest BCUT2D eigenvalue weighted by molar-refractivity contribution is 5.99. The number of carbonyl (C=O) groups excluding carboxylic acids is 1. The van der Waals surface area contributed by atoms with Crippen molar-refractivity contribution >= 4 is 17.2 Å². The molecule has 2 aliphatic rings. The number of aryl methyl sites for hydroxylation is 1. The van der Waals surface area contributed by atoms with Crippen molar-refractivity contribution in [3.05, 3.63) is 71.3 Å². The maximum absolute atomic E-state index is 11.6. The van der Waals surface area contributed by atoms with Crippen LogP contribution in [0.4, 0.5) is 5.69 Å². The summed E-state index contributed by atoms with van der Waals surface area (Å²) in [7, 11) is 0. The van der Waals surface area contributed by atoms with E-state index in [4.69, 9.17) is 0 Å². The summed E-state index contributed by atoms with van der Waals surface area (Å²) >= 11 is 0. The number of rotatable bonds is 6. The van der Waals surface area contributed by atoms with Gasteiger partial charge in [0.25, 0.3) is 0 Å². The zero-order valence-electron chi connectivity index (χ0n) is 16.8. The van der Waals surface area contributed by atoms with E-state index in [-0.39, 0.29) is 5.91 Å². The second kappa shape index (κ2) is 8.32. The van der Waals surface area contributed by atoms with Crippen molar-refractivity contribution < 1.29 is 4.79 Å². The van der Waals surface area contributed by atoms with Crippen molar-refractivity contribution in [1.82, 2.24) is 4.90 Å². The molecule has 0 bridgehead atoms. The standard InChI is InChI=1S/C25H30N2O/c1-18(23-16-24-22(14-19(23)2)15-25(28)26-24)8-9-20-10-12-27(13-11-20)17-21-6-4-3-5-7-21/h3-7,14,16,20H,1,8-13,15,17H2,2H3,(H,26,28). The number of allylic oxidation sites excluding steroid dienone is 1. The molecule has 0 unspecified atom stereocenters. The van der Waals surface area contributed by atoms with Gasteiger partial charge in [0.05, 0.1) is 6.42 Å². The minimum atomic E-state index is 0.0967. The van der Waals surface area contributed by atoms with Crippen molar-refractivity contribution in [3.63, 3.8) is 0 Å². The number of anilines is 1. The molecule has 1 saturated heterocycles. The Morgan fingerprint density at radius 3 is 2.68 bits per heavy atom. The van der Waals surface area contributed by atoms with Crippen molar-refractivity contribution in [3.8, 4) is 0 Å².